The van der Waals surface area contributed by atoms with Crippen LogP contribution in [0, 0.1) is 6.92 Å². The number of hydrogen-bond acceptors (Lipinski definition) is 1. The highest BCUT2D eigenvalue weighted by molar-refractivity contribution is 9.10. The molecular formula is C11H16BrN. The van der Waals surface area contributed by atoms with Crippen LogP contribution in [0.2, 0.25) is 0 Å². The summed E-state index contributed by atoms with van der Waals surface area (Å²) in [5, 5.41) is 0. The molecule has 0 spiro atoms. The Bertz CT molecular complexity index is 305. The first-order chi connectivity index (χ1) is 5.97. The van der Waals surface area contributed by atoms with Gasteiger partial charge in [0.1, 0.15) is 0 Å². The monoisotopic (exact) mass is 241 g/mol. The fraction of sp³-hybridized carbons (Fsp3) is 0.455. The SMILES string of the molecule is Cc1cc(Br)ccc1C(C)(C)CN. The molecule has 0 fully saturated rings. The Hall–Kier alpha value is -0.340. The van der Waals surface area contributed by atoms with Crippen LogP contribution in [0.4, 0.5) is 0 Å². The van der Waals surface area contributed by atoms with E-state index in [2.05, 4.69) is 54.9 Å². The maximum absolute atomic E-state index is 5.73. The molecule has 0 heterocycles. The van der Waals surface area contributed by atoms with Crippen molar-refractivity contribution in [2.24, 2.45) is 5.73 Å². The van der Waals surface area contributed by atoms with Gasteiger partial charge in [-0.1, -0.05) is 35.8 Å². The lowest BCUT2D eigenvalue weighted by atomic mass is 9.82. The fourth-order valence-corrected chi connectivity index (χ4v) is 1.97. The molecule has 0 atom stereocenters. The summed E-state index contributed by atoms with van der Waals surface area (Å²) >= 11 is 3.45. The van der Waals surface area contributed by atoms with Crippen LogP contribution in [0.25, 0.3) is 0 Å². The first-order valence-corrected chi connectivity index (χ1v) is 5.23. The number of nitrogens with two attached hydrogens (primary N) is 1. The van der Waals surface area contributed by atoms with Crippen molar-refractivity contribution in [3.05, 3.63) is 33.8 Å². The lowest BCUT2D eigenvalue weighted by Crippen LogP contribution is -2.28. The van der Waals surface area contributed by atoms with Crippen molar-refractivity contribution in [2.75, 3.05) is 6.54 Å². The molecule has 0 aliphatic heterocycles. The predicted octanol–water partition coefficient (Wildman–Crippen LogP) is 2.99. The number of benzene rings is 1. The molecule has 0 amide bonds. The lowest BCUT2D eigenvalue weighted by Gasteiger charge is -2.25. The lowest BCUT2D eigenvalue weighted by molar-refractivity contribution is 0.536. The van der Waals surface area contributed by atoms with Crippen molar-refractivity contribution >= 4 is 15.9 Å². The van der Waals surface area contributed by atoms with Crippen LogP contribution in [0.3, 0.4) is 0 Å². The Morgan fingerprint density at radius 3 is 2.46 bits per heavy atom. The van der Waals surface area contributed by atoms with E-state index in [1.807, 2.05) is 0 Å². The number of hydrogen-bond donors (Lipinski definition) is 1. The zero-order chi connectivity index (χ0) is 10.1. The molecule has 1 rings (SSSR count). The van der Waals surface area contributed by atoms with Crippen molar-refractivity contribution < 1.29 is 0 Å². The summed E-state index contributed by atoms with van der Waals surface area (Å²) in [6.45, 7) is 7.14. The van der Waals surface area contributed by atoms with Crippen LogP contribution in [-0.2, 0) is 5.41 Å². The number of rotatable bonds is 2. The molecule has 2 heteroatoms. The van der Waals surface area contributed by atoms with Crippen molar-refractivity contribution in [1.82, 2.24) is 0 Å². The van der Waals surface area contributed by atoms with Crippen LogP contribution in [-0.4, -0.2) is 6.54 Å². The van der Waals surface area contributed by atoms with Gasteiger partial charge in [0.05, 0.1) is 0 Å². The smallest absolute Gasteiger partial charge is 0.0178 e. The molecule has 1 nitrogen and oxygen atoms in total. The van der Waals surface area contributed by atoms with Gasteiger partial charge in [0, 0.05) is 16.4 Å². The Morgan fingerprint density at radius 2 is 2.00 bits per heavy atom. The van der Waals surface area contributed by atoms with E-state index in [1.54, 1.807) is 0 Å². The molecule has 1 aromatic rings. The summed E-state index contributed by atoms with van der Waals surface area (Å²) in [5.74, 6) is 0. The minimum absolute atomic E-state index is 0.0742. The molecule has 0 unspecified atom stereocenters. The van der Waals surface area contributed by atoms with Crippen LogP contribution >= 0.6 is 15.9 Å². The summed E-state index contributed by atoms with van der Waals surface area (Å²) in [4.78, 5) is 0. The largest absolute Gasteiger partial charge is 0.330 e. The first kappa shape index (κ1) is 10.7. The van der Waals surface area contributed by atoms with Gasteiger partial charge in [-0.3, -0.25) is 0 Å². The van der Waals surface area contributed by atoms with Crippen LogP contribution < -0.4 is 5.73 Å². The number of halogens is 1. The molecule has 0 saturated carbocycles. The Kier molecular flexibility index (Phi) is 3.14. The number of aryl methyl sites for hydroxylation is 1. The molecule has 1 aromatic carbocycles. The van der Waals surface area contributed by atoms with E-state index in [-0.39, 0.29) is 5.41 Å². The van der Waals surface area contributed by atoms with Crippen molar-refractivity contribution in [3.8, 4) is 0 Å². The van der Waals surface area contributed by atoms with Gasteiger partial charge in [-0.15, -0.1) is 0 Å². The van der Waals surface area contributed by atoms with Crippen molar-refractivity contribution in [3.63, 3.8) is 0 Å². The molecule has 0 aromatic heterocycles. The first-order valence-electron chi connectivity index (χ1n) is 4.44. The summed E-state index contributed by atoms with van der Waals surface area (Å²) in [5.41, 5.74) is 8.44. The van der Waals surface area contributed by atoms with Gasteiger partial charge >= 0.3 is 0 Å². The average molecular weight is 242 g/mol. The summed E-state index contributed by atoms with van der Waals surface area (Å²) < 4.78 is 1.13. The van der Waals surface area contributed by atoms with E-state index >= 15 is 0 Å². The highest BCUT2D eigenvalue weighted by Gasteiger charge is 2.20. The van der Waals surface area contributed by atoms with E-state index in [0.717, 1.165) is 4.47 Å². The van der Waals surface area contributed by atoms with E-state index in [0.29, 0.717) is 6.54 Å². The predicted molar refractivity (Wildman–Crippen MR) is 61.0 cm³/mol. The van der Waals surface area contributed by atoms with Gasteiger partial charge in [0.15, 0.2) is 0 Å². The Labute approximate surface area is 88.5 Å². The molecular weight excluding hydrogens is 226 g/mol. The zero-order valence-electron chi connectivity index (χ0n) is 8.39. The van der Waals surface area contributed by atoms with E-state index in [1.165, 1.54) is 11.1 Å². The van der Waals surface area contributed by atoms with Gasteiger partial charge in [-0.2, -0.15) is 0 Å². The third-order valence-corrected chi connectivity index (χ3v) is 2.92. The van der Waals surface area contributed by atoms with Crippen molar-refractivity contribution in [1.29, 1.82) is 0 Å². The van der Waals surface area contributed by atoms with Gasteiger partial charge < -0.3 is 5.73 Å². The van der Waals surface area contributed by atoms with Crippen LogP contribution in [0.5, 0.6) is 0 Å². The molecule has 0 radical (unpaired) electrons. The summed E-state index contributed by atoms with van der Waals surface area (Å²) in [7, 11) is 0. The maximum Gasteiger partial charge on any atom is 0.0178 e. The fourth-order valence-electron chi connectivity index (χ4n) is 1.50. The topological polar surface area (TPSA) is 26.0 Å². The molecule has 0 aliphatic carbocycles. The zero-order valence-corrected chi connectivity index (χ0v) is 9.98. The maximum atomic E-state index is 5.73. The second-order valence-electron chi connectivity index (χ2n) is 4.05. The molecule has 72 valence electrons. The normalized spacial score (nSPS) is 11.8. The van der Waals surface area contributed by atoms with E-state index in [4.69, 9.17) is 5.73 Å². The van der Waals surface area contributed by atoms with E-state index in [9.17, 15) is 0 Å². The van der Waals surface area contributed by atoms with E-state index < -0.39 is 0 Å². The van der Waals surface area contributed by atoms with Gasteiger partial charge in [-0.05, 0) is 30.2 Å². The molecule has 13 heavy (non-hydrogen) atoms. The third-order valence-electron chi connectivity index (χ3n) is 2.43. The van der Waals surface area contributed by atoms with Gasteiger partial charge in [0.25, 0.3) is 0 Å². The molecule has 0 saturated heterocycles. The quantitative estimate of drug-likeness (QED) is 0.847. The van der Waals surface area contributed by atoms with Crippen molar-refractivity contribution in [2.45, 2.75) is 26.2 Å². The standard InChI is InChI=1S/C11H16BrN/c1-8-6-9(12)4-5-10(8)11(2,3)7-13/h4-6H,7,13H2,1-3H3. The van der Waals surface area contributed by atoms with Gasteiger partial charge in [-0.25, -0.2) is 0 Å². The summed E-state index contributed by atoms with van der Waals surface area (Å²) in [6.07, 6.45) is 0. The minimum Gasteiger partial charge on any atom is -0.330 e. The Morgan fingerprint density at radius 1 is 1.38 bits per heavy atom. The third kappa shape index (κ3) is 2.32. The highest BCUT2D eigenvalue weighted by atomic mass is 79.9. The second-order valence-corrected chi connectivity index (χ2v) is 4.96. The highest BCUT2D eigenvalue weighted by Crippen LogP contribution is 2.27. The van der Waals surface area contributed by atoms with Crippen LogP contribution in [0.1, 0.15) is 25.0 Å². The molecule has 0 bridgehead atoms. The van der Waals surface area contributed by atoms with Crippen LogP contribution in [0.15, 0.2) is 22.7 Å². The Balaban J connectivity index is 3.16. The molecule has 0 aliphatic rings. The second kappa shape index (κ2) is 3.81. The molecule has 2 N–H and O–H groups in total. The summed E-state index contributed by atoms with van der Waals surface area (Å²) in [6, 6.07) is 6.35. The average Bonchev–Trinajstić information content (AvgIpc) is 2.03. The van der Waals surface area contributed by atoms with Gasteiger partial charge in [0.2, 0.25) is 0 Å². The minimum atomic E-state index is 0.0742.